The quantitative estimate of drug-likeness (QED) is 0.0803. The largest absolute Gasteiger partial charge is 0.496 e. The molecular formula is C82H108O14. The highest BCUT2D eigenvalue weighted by atomic mass is 16.8. The number of rotatable bonds is 17. The standard InChI is InChI=1S/C29H38O6.C29H40O4.C24H30O4/c1-8-10-24-26-27(35-28(32-24)20-11-13-22(30-6)18(4)15-20)25(17(3)9-2)33-29(34-26)21-12-14-23(31-7)19(5)16-21;1-8-10-24-26-27(33-28(30-24)22-13-11-18(4)20(6)15-22)25(17(3)9-2)31-29(32-26)23-14-12-19(5)21(7)16-23;1-5-15(2)21-22-20(26-24(27-21)18-9-7-6-8-10-18)14-25-23(28-22)19-12-11-16(3)17(4)13-19/h8,10-17,24-29H,9H2,1-7H3;11-17,24-29H,8-10H2,1-7H3;6-13,15,20-24H,5,14H2,1-4H3/b10-8-;;. The van der Waals surface area contributed by atoms with E-state index in [1.54, 1.807) is 14.2 Å². The Kier molecular flexibility index (Phi) is 25.3. The van der Waals surface area contributed by atoms with E-state index in [0.717, 1.165) is 88.1 Å². The number of aryl methyl sites for hydroxylation is 8. The van der Waals surface area contributed by atoms with Gasteiger partial charge in [-0.15, -0.1) is 0 Å². The number of benzene rings is 6. The molecule has 96 heavy (non-hydrogen) atoms. The number of hydrogen-bond donors (Lipinski definition) is 0. The lowest BCUT2D eigenvalue weighted by atomic mass is 9.88. The van der Waals surface area contributed by atoms with Crippen LogP contribution in [0.1, 0.15) is 203 Å². The zero-order chi connectivity index (χ0) is 68.5. The fraction of sp³-hybridized carbons (Fsp3) is 0.537. The van der Waals surface area contributed by atoms with Gasteiger partial charge in [-0.1, -0.05) is 183 Å². The van der Waals surface area contributed by atoms with Crippen LogP contribution >= 0.6 is 0 Å². The summed E-state index contributed by atoms with van der Waals surface area (Å²) in [6.07, 6.45) is 4.67. The van der Waals surface area contributed by atoms with Crippen LogP contribution in [0.2, 0.25) is 0 Å². The van der Waals surface area contributed by atoms with Crippen molar-refractivity contribution in [1.82, 2.24) is 0 Å². The summed E-state index contributed by atoms with van der Waals surface area (Å²) in [6, 6.07) is 41.4. The van der Waals surface area contributed by atoms with Gasteiger partial charge in [0.15, 0.2) is 37.7 Å². The molecule has 520 valence electrons. The van der Waals surface area contributed by atoms with E-state index in [1.165, 1.54) is 33.4 Å². The van der Waals surface area contributed by atoms with E-state index in [1.807, 2.05) is 81.4 Å². The molecule has 14 heteroatoms. The summed E-state index contributed by atoms with van der Waals surface area (Å²) in [5.41, 5.74) is 15.8. The molecule has 6 aliphatic heterocycles. The maximum absolute atomic E-state index is 6.64. The molecular weight excluding hydrogens is 1210 g/mol. The van der Waals surface area contributed by atoms with Crippen molar-refractivity contribution in [3.8, 4) is 11.5 Å². The van der Waals surface area contributed by atoms with Crippen LogP contribution in [0.15, 0.2) is 133 Å². The molecule has 20 unspecified atom stereocenters. The molecule has 14 nitrogen and oxygen atoms in total. The van der Waals surface area contributed by atoms with Crippen LogP contribution < -0.4 is 9.47 Å². The van der Waals surface area contributed by atoms with E-state index in [9.17, 15) is 0 Å². The third-order valence-electron chi connectivity index (χ3n) is 20.6. The summed E-state index contributed by atoms with van der Waals surface area (Å²) >= 11 is 0. The zero-order valence-electron chi connectivity index (χ0n) is 60.2. The van der Waals surface area contributed by atoms with Crippen LogP contribution in [0.3, 0.4) is 0 Å². The fourth-order valence-corrected chi connectivity index (χ4v) is 13.7. The molecule has 6 aliphatic rings. The summed E-state index contributed by atoms with van der Waals surface area (Å²) in [5.74, 6) is 2.66. The molecule has 6 heterocycles. The predicted molar refractivity (Wildman–Crippen MR) is 374 cm³/mol. The van der Waals surface area contributed by atoms with E-state index in [0.29, 0.717) is 18.4 Å². The highest BCUT2D eigenvalue weighted by Gasteiger charge is 2.53. The summed E-state index contributed by atoms with van der Waals surface area (Å²) in [6.45, 7) is 34.8. The SMILES string of the molecule is C/C=C\C1OC(c2ccc(OC)c(C)c2)OC2C(C(C)CC)OC(c3ccc(OC)c(C)c3)OC12.CCC(C)C1OC(c2ccccc2)OC2COC(c3ccc(C)c(C)c3)OC21.CCCC1OC(c2ccc(C)c(C)c2)OC2C(C(C)CC)OC(c3ccc(C)c(C)c3)OC12. The maximum atomic E-state index is 6.64. The van der Waals surface area contributed by atoms with Gasteiger partial charge in [-0.05, 0) is 155 Å². The van der Waals surface area contributed by atoms with E-state index < -0.39 is 25.2 Å². The molecule has 12 rings (SSSR count). The second-order valence-corrected chi connectivity index (χ2v) is 27.5. The molecule has 6 aromatic carbocycles. The van der Waals surface area contributed by atoms with Gasteiger partial charge in [-0.25, -0.2) is 0 Å². The molecule has 0 aromatic heterocycles. The minimum absolute atomic E-state index is 0.0353. The Bertz CT molecular complexity index is 3500. The van der Waals surface area contributed by atoms with Crippen molar-refractivity contribution in [1.29, 1.82) is 0 Å². The Morgan fingerprint density at radius 1 is 0.385 bits per heavy atom. The van der Waals surface area contributed by atoms with Gasteiger partial charge in [-0.3, -0.25) is 0 Å². The first-order chi connectivity index (χ1) is 46.3. The van der Waals surface area contributed by atoms with Gasteiger partial charge in [-0.2, -0.15) is 0 Å². The lowest BCUT2D eigenvalue weighted by Crippen LogP contribution is -2.59. The normalized spacial score (nSPS) is 30.4. The van der Waals surface area contributed by atoms with Gasteiger partial charge in [0, 0.05) is 33.4 Å². The smallest absolute Gasteiger partial charge is 0.185 e. The average Bonchev–Trinajstić information content (AvgIpc) is 0.773. The van der Waals surface area contributed by atoms with Crippen LogP contribution in [-0.2, 0) is 56.8 Å². The Morgan fingerprint density at radius 3 is 1.21 bits per heavy atom. The van der Waals surface area contributed by atoms with Crippen LogP contribution in [0.5, 0.6) is 11.5 Å². The zero-order valence-corrected chi connectivity index (χ0v) is 60.2. The molecule has 6 fully saturated rings. The van der Waals surface area contributed by atoms with Gasteiger partial charge < -0.3 is 66.3 Å². The monoisotopic (exact) mass is 1320 g/mol. The molecule has 0 radical (unpaired) electrons. The molecule has 0 aliphatic carbocycles. The lowest BCUT2D eigenvalue weighted by Gasteiger charge is -2.50. The Hall–Kier alpha value is -5.82. The van der Waals surface area contributed by atoms with Gasteiger partial charge >= 0.3 is 0 Å². The van der Waals surface area contributed by atoms with E-state index in [-0.39, 0.29) is 85.6 Å². The summed E-state index contributed by atoms with van der Waals surface area (Å²) in [4.78, 5) is 0. The van der Waals surface area contributed by atoms with Gasteiger partial charge in [0.05, 0.1) is 45.2 Å². The average molecular weight is 1320 g/mol. The molecule has 0 N–H and O–H groups in total. The second kappa shape index (κ2) is 33.4. The summed E-state index contributed by atoms with van der Waals surface area (Å²) < 4.78 is 88.7. The van der Waals surface area contributed by atoms with Crippen molar-refractivity contribution in [3.63, 3.8) is 0 Å². The number of methoxy groups -OCH3 is 2. The van der Waals surface area contributed by atoms with E-state index in [2.05, 4.69) is 163 Å². The minimum Gasteiger partial charge on any atom is -0.496 e. The van der Waals surface area contributed by atoms with E-state index >= 15 is 0 Å². The topological polar surface area (TPSA) is 129 Å². The first-order valence-corrected chi connectivity index (χ1v) is 35.3. The number of hydrogen-bond acceptors (Lipinski definition) is 14. The van der Waals surface area contributed by atoms with Gasteiger partial charge in [0.25, 0.3) is 0 Å². The Balaban J connectivity index is 0.000000158. The molecule has 0 amide bonds. The number of fused-ring (bicyclic) bond motifs is 3. The van der Waals surface area contributed by atoms with Crippen molar-refractivity contribution in [3.05, 3.63) is 211 Å². The Morgan fingerprint density at radius 2 is 0.771 bits per heavy atom. The molecule has 6 aromatic rings. The van der Waals surface area contributed by atoms with Gasteiger partial charge in [0.1, 0.15) is 54.2 Å². The lowest BCUT2D eigenvalue weighted by molar-refractivity contribution is -0.388. The maximum Gasteiger partial charge on any atom is 0.185 e. The van der Waals surface area contributed by atoms with Crippen LogP contribution in [0.4, 0.5) is 0 Å². The predicted octanol–water partition coefficient (Wildman–Crippen LogP) is 18.5. The van der Waals surface area contributed by atoms with Crippen LogP contribution in [0.25, 0.3) is 0 Å². The number of allylic oxidation sites excluding steroid dienone is 1. The highest BCUT2D eigenvalue weighted by Crippen LogP contribution is 2.47. The highest BCUT2D eigenvalue weighted by molar-refractivity contribution is 5.39. The number of ether oxygens (including phenoxy) is 14. The first-order valence-electron chi connectivity index (χ1n) is 35.3. The molecule has 0 spiro atoms. The molecule has 0 saturated carbocycles. The van der Waals surface area contributed by atoms with E-state index in [4.69, 9.17) is 66.3 Å². The van der Waals surface area contributed by atoms with Crippen molar-refractivity contribution >= 4 is 0 Å². The van der Waals surface area contributed by atoms with Crippen molar-refractivity contribution in [2.24, 2.45) is 17.8 Å². The van der Waals surface area contributed by atoms with Crippen molar-refractivity contribution in [2.45, 2.75) is 248 Å². The Labute approximate surface area is 572 Å². The van der Waals surface area contributed by atoms with Crippen LogP contribution in [0, 0.1) is 73.1 Å². The summed E-state index contributed by atoms with van der Waals surface area (Å²) in [7, 11) is 3.36. The summed E-state index contributed by atoms with van der Waals surface area (Å²) in [5, 5.41) is 0. The van der Waals surface area contributed by atoms with Gasteiger partial charge in [0.2, 0.25) is 0 Å². The van der Waals surface area contributed by atoms with Crippen molar-refractivity contribution in [2.75, 3.05) is 20.8 Å². The third-order valence-corrected chi connectivity index (χ3v) is 20.6. The second-order valence-electron chi connectivity index (χ2n) is 27.5. The third kappa shape index (κ3) is 16.7. The molecule has 6 saturated heterocycles. The van der Waals surface area contributed by atoms with Crippen LogP contribution in [-0.4, -0.2) is 88.0 Å². The fourth-order valence-electron chi connectivity index (χ4n) is 13.7. The van der Waals surface area contributed by atoms with Crippen molar-refractivity contribution < 1.29 is 66.3 Å². The molecule has 0 bridgehead atoms. The first kappa shape index (κ1) is 72.9. The molecule has 20 atom stereocenters. The minimum atomic E-state index is -0.527.